The highest BCUT2D eigenvalue weighted by Gasteiger charge is 2.43. The van der Waals surface area contributed by atoms with Crippen molar-refractivity contribution < 1.29 is 0 Å². The molecule has 1 aromatic heterocycles. The van der Waals surface area contributed by atoms with E-state index in [0.717, 1.165) is 30.7 Å². The fraction of sp³-hybridized carbons (Fsp3) is 0.857. The molecule has 2 saturated carbocycles. The van der Waals surface area contributed by atoms with Gasteiger partial charge in [0.05, 0.1) is 17.9 Å². The first-order valence-corrected chi connectivity index (χ1v) is 7.39. The van der Waals surface area contributed by atoms with E-state index in [9.17, 15) is 0 Å². The minimum absolute atomic E-state index is 0.446. The molecule has 100 valence electrons. The van der Waals surface area contributed by atoms with E-state index >= 15 is 0 Å². The van der Waals surface area contributed by atoms with Gasteiger partial charge in [-0.1, -0.05) is 18.6 Å². The monoisotopic (exact) mass is 248 g/mol. The quantitative estimate of drug-likeness (QED) is 0.870. The molecule has 2 fully saturated rings. The lowest BCUT2D eigenvalue weighted by Crippen LogP contribution is -2.31. The van der Waals surface area contributed by atoms with Crippen molar-refractivity contribution in [2.75, 3.05) is 7.05 Å². The molecule has 0 aromatic carbocycles. The van der Waals surface area contributed by atoms with Crippen LogP contribution in [0.1, 0.15) is 50.8 Å². The average Bonchev–Trinajstić information content (AvgIpc) is 3.07. The Balaban J connectivity index is 1.81. The molecule has 0 aliphatic heterocycles. The Bertz CT molecular complexity index is 400. The van der Waals surface area contributed by atoms with Gasteiger partial charge in [0.1, 0.15) is 0 Å². The van der Waals surface area contributed by atoms with Crippen LogP contribution in [0.5, 0.6) is 0 Å². The first-order valence-electron chi connectivity index (χ1n) is 7.39. The van der Waals surface area contributed by atoms with Crippen LogP contribution in [-0.4, -0.2) is 22.0 Å². The average molecular weight is 248 g/mol. The topological polar surface area (TPSA) is 42.7 Å². The van der Waals surface area contributed by atoms with Crippen molar-refractivity contribution in [3.63, 3.8) is 0 Å². The van der Waals surface area contributed by atoms with Gasteiger partial charge in [0, 0.05) is 6.54 Å². The highest BCUT2D eigenvalue weighted by molar-refractivity contribution is 5.08. The molecular formula is C14H24N4. The van der Waals surface area contributed by atoms with E-state index < -0.39 is 0 Å². The summed E-state index contributed by atoms with van der Waals surface area (Å²) in [5.41, 5.74) is 1.29. The Morgan fingerprint density at radius 2 is 2.33 bits per heavy atom. The Hall–Kier alpha value is -0.900. The van der Waals surface area contributed by atoms with E-state index in [0.29, 0.717) is 6.04 Å². The van der Waals surface area contributed by atoms with E-state index in [4.69, 9.17) is 0 Å². The van der Waals surface area contributed by atoms with Crippen LogP contribution in [0.25, 0.3) is 0 Å². The van der Waals surface area contributed by atoms with E-state index in [2.05, 4.69) is 34.3 Å². The molecule has 3 rings (SSSR count). The summed E-state index contributed by atoms with van der Waals surface area (Å²) in [7, 11) is 2.08. The van der Waals surface area contributed by atoms with Crippen molar-refractivity contribution in [2.24, 2.45) is 17.8 Å². The standard InChI is InChI=1S/C14H24N4/c1-3-6-18-13(9-16-17-18)14(15-2)12-8-10-4-5-11(12)7-10/h9-12,14-15H,3-8H2,1-2H3. The second kappa shape index (κ2) is 5.00. The summed E-state index contributed by atoms with van der Waals surface area (Å²) in [6.07, 6.45) is 8.82. The zero-order valence-electron chi connectivity index (χ0n) is 11.5. The van der Waals surface area contributed by atoms with Gasteiger partial charge >= 0.3 is 0 Å². The van der Waals surface area contributed by atoms with Gasteiger partial charge in [-0.2, -0.15) is 0 Å². The van der Waals surface area contributed by atoms with Crippen LogP contribution >= 0.6 is 0 Å². The van der Waals surface area contributed by atoms with Crippen LogP contribution in [0.3, 0.4) is 0 Å². The number of nitrogens with one attached hydrogen (secondary N) is 1. The van der Waals surface area contributed by atoms with Crippen molar-refractivity contribution in [2.45, 2.75) is 51.6 Å². The van der Waals surface area contributed by atoms with Gasteiger partial charge in [-0.05, 0) is 50.5 Å². The molecule has 4 atom stereocenters. The Labute approximate surface area is 109 Å². The molecule has 0 spiro atoms. The lowest BCUT2D eigenvalue weighted by molar-refractivity contribution is 0.249. The van der Waals surface area contributed by atoms with Crippen LogP contribution in [0.4, 0.5) is 0 Å². The van der Waals surface area contributed by atoms with E-state index in [1.54, 1.807) is 0 Å². The Morgan fingerprint density at radius 1 is 1.44 bits per heavy atom. The molecule has 2 bridgehead atoms. The second-order valence-corrected chi connectivity index (χ2v) is 5.99. The molecule has 18 heavy (non-hydrogen) atoms. The molecule has 0 radical (unpaired) electrons. The van der Waals surface area contributed by atoms with Crippen LogP contribution < -0.4 is 5.32 Å². The number of nitrogens with zero attached hydrogens (tertiary/aromatic N) is 3. The minimum atomic E-state index is 0.446. The predicted molar refractivity (Wildman–Crippen MR) is 71.1 cm³/mol. The number of aryl methyl sites for hydroxylation is 1. The summed E-state index contributed by atoms with van der Waals surface area (Å²) in [5.74, 6) is 2.71. The normalized spacial score (nSPS) is 32.0. The van der Waals surface area contributed by atoms with E-state index in [1.165, 1.54) is 31.4 Å². The zero-order valence-corrected chi connectivity index (χ0v) is 11.5. The first kappa shape index (κ1) is 12.2. The van der Waals surface area contributed by atoms with Crippen molar-refractivity contribution in [3.05, 3.63) is 11.9 Å². The maximum atomic E-state index is 4.23. The highest BCUT2D eigenvalue weighted by Crippen LogP contribution is 2.52. The van der Waals surface area contributed by atoms with Gasteiger partial charge in [-0.3, -0.25) is 0 Å². The number of rotatable bonds is 5. The van der Waals surface area contributed by atoms with Crippen LogP contribution in [0, 0.1) is 17.8 Å². The van der Waals surface area contributed by atoms with Crippen LogP contribution in [-0.2, 0) is 6.54 Å². The van der Waals surface area contributed by atoms with Crippen molar-refractivity contribution >= 4 is 0 Å². The van der Waals surface area contributed by atoms with Gasteiger partial charge in [0.25, 0.3) is 0 Å². The fourth-order valence-electron chi connectivity index (χ4n) is 4.18. The molecule has 2 aliphatic rings. The second-order valence-electron chi connectivity index (χ2n) is 5.99. The summed E-state index contributed by atoms with van der Waals surface area (Å²) in [6, 6.07) is 0.446. The number of aromatic nitrogens is 3. The molecule has 1 heterocycles. The summed E-state index contributed by atoms with van der Waals surface area (Å²) in [4.78, 5) is 0. The largest absolute Gasteiger partial charge is 0.311 e. The van der Waals surface area contributed by atoms with Gasteiger partial charge in [-0.15, -0.1) is 5.10 Å². The van der Waals surface area contributed by atoms with E-state index in [-0.39, 0.29) is 0 Å². The number of hydrogen-bond donors (Lipinski definition) is 1. The fourth-order valence-corrected chi connectivity index (χ4v) is 4.18. The summed E-state index contributed by atoms with van der Waals surface area (Å²) >= 11 is 0. The maximum absolute atomic E-state index is 4.23. The summed E-state index contributed by atoms with van der Waals surface area (Å²) in [5, 5.41) is 11.9. The molecule has 1 aromatic rings. The van der Waals surface area contributed by atoms with Crippen LogP contribution in [0.15, 0.2) is 6.20 Å². The molecule has 4 unspecified atom stereocenters. The van der Waals surface area contributed by atoms with Crippen LogP contribution in [0.2, 0.25) is 0 Å². The SMILES string of the molecule is CCCn1nncc1C(NC)C1CC2CCC1C2. The van der Waals surface area contributed by atoms with Crippen molar-refractivity contribution in [3.8, 4) is 0 Å². The van der Waals surface area contributed by atoms with Crippen molar-refractivity contribution in [1.82, 2.24) is 20.3 Å². The lowest BCUT2D eigenvalue weighted by atomic mass is 9.82. The first-order chi connectivity index (χ1) is 8.83. The lowest BCUT2D eigenvalue weighted by Gasteiger charge is -2.30. The predicted octanol–water partition coefficient (Wildman–Crippen LogP) is 2.38. The molecule has 0 saturated heterocycles. The van der Waals surface area contributed by atoms with Gasteiger partial charge in [0.2, 0.25) is 0 Å². The Morgan fingerprint density at radius 3 is 2.94 bits per heavy atom. The maximum Gasteiger partial charge on any atom is 0.0759 e. The third-order valence-corrected chi connectivity index (χ3v) is 4.93. The Kier molecular flexibility index (Phi) is 3.37. The molecular weight excluding hydrogens is 224 g/mol. The third-order valence-electron chi connectivity index (χ3n) is 4.93. The van der Waals surface area contributed by atoms with Gasteiger partial charge in [0.15, 0.2) is 0 Å². The molecule has 1 N–H and O–H groups in total. The van der Waals surface area contributed by atoms with Crippen molar-refractivity contribution in [1.29, 1.82) is 0 Å². The molecule has 4 heteroatoms. The third kappa shape index (κ3) is 1.96. The molecule has 4 nitrogen and oxygen atoms in total. The highest BCUT2D eigenvalue weighted by atomic mass is 15.4. The number of fused-ring (bicyclic) bond motifs is 2. The number of hydrogen-bond acceptors (Lipinski definition) is 3. The zero-order chi connectivity index (χ0) is 12.5. The minimum Gasteiger partial charge on any atom is -0.311 e. The van der Waals surface area contributed by atoms with Gasteiger partial charge in [-0.25, -0.2) is 4.68 Å². The smallest absolute Gasteiger partial charge is 0.0759 e. The van der Waals surface area contributed by atoms with E-state index in [1.807, 2.05) is 6.20 Å². The van der Waals surface area contributed by atoms with Gasteiger partial charge < -0.3 is 5.32 Å². The summed E-state index contributed by atoms with van der Waals surface area (Å²) < 4.78 is 2.09. The molecule has 0 amide bonds. The summed E-state index contributed by atoms with van der Waals surface area (Å²) in [6.45, 7) is 3.17. The molecule has 2 aliphatic carbocycles.